The van der Waals surface area contributed by atoms with Crippen molar-refractivity contribution in [2.45, 2.75) is 45.2 Å². The minimum atomic E-state index is 0.723. The number of nitrogens with zero attached hydrogens (tertiary/aromatic N) is 3. The molecule has 1 heterocycles. The average molecular weight is 260 g/mol. The lowest BCUT2D eigenvalue weighted by atomic mass is 10.2. The third kappa shape index (κ3) is 4.31. The Labute approximate surface area is 115 Å². The molecule has 1 fully saturated rings. The van der Waals surface area contributed by atoms with E-state index >= 15 is 0 Å². The fourth-order valence-corrected chi connectivity index (χ4v) is 1.95. The van der Waals surface area contributed by atoms with Crippen molar-refractivity contribution in [3.8, 4) is 0 Å². The molecule has 2 rings (SSSR count). The molecule has 1 saturated carbocycles. The first-order chi connectivity index (χ1) is 9.20. The van der Waals surface area contributed by atoms with Crippen LogP contribution in [0.3, 0.4) is 0 Å². The van der Waals surface area contributed by atoms with Crippen molar-refractivity contribution in [2.75, 3.05) is 18.5 Å². The number of aromatic nitrogens is 2. The van der Waals surface area contributed by atoms with Crippen molar-refractivity contribution in [1.82, 2.24) is 15.3 Å². The zero-order chi connectivity index (χ0) is 13.7. The van der Waals surface area contributed by atoms with E-state index in [1.54, 1.807) is 0 Å². The average Bonchev–Trinajstić information content (AvgIpc) is 3.21. The minimum absolute atomic E-state index is 0.723. The molecule has 0 atom stereocenters. The highest BCUT2D eigenvalue weighted by molar-refractivity contribution is 5.31. The highest BCUT2D eigenvalue weighted by Gasteiger charge is 2.20. The van der Waals surface area contributed by atoms with Gasteiger partial charge in [-0.15, -0.1) is 6.58 Å². The molecule has 0 radical (unpaired) electrons. The van der Waals surface area contributed by atoms with Gasteiger partial charge in [-0.2, -0.15) is 0 Å². The number of rotatable bonds is 8. The van der Waals surface area contributed by atoms with Crippen molar-refractivity contribution in [3.05, 3.63) is 30.1 Å². The number of aryl methyl sites for hydroxylation is 1. The lowest BCUT2D eigenvalue weighted by molar-refractivity contribution is 0.677. The van der Waals surface area contributed by atoms with Crippen molar-refractivity contribution in [1.29, 1.82) is 0 Å². The van der Waals surface area contributed by atoms with Gasteiger partial charge in [0.25, 0.3) is 0 Å². The number of anilines is 1. The standard InChI is InChI=1S/C15H24N4/c1-4-5-6-9-19(3)15-17-11-13(12(2)18-15)10-16-14-7-8-14/h4,11,14,16H,1,5-10H2,2-3H3. The van der Waals surface area contributed by atoms with E-state index < -0.39 is 0 Å². The first-order valence-corrected chi connectivity index (χ1v) is 7.08. The molecule has 0 aromatic carbocycles. The van der Waals surface area contributed by atoms with Gasteiger partial charge in [-0.3, -0.25) is 0 Å². The largest absolute Gasteiger partial charge is 0.344 e. The Balaban J connectivity index is 1.90. The number of hydrogen-bond acceptors (Lipinski definition) is 4. The Morgan fingerprint density at radius 3 is 2.95 bits per heavy atom. The Kier molecular flexibility index (Phi) is 4.91. The summed E-state index contributed by atoms with van der Waals surface area (Å²) in [6.07, 6.45) is 8.65. The monoisotopic (exact) mass is 260 g/mol. The Morgan fingerprint density at radius 2 is 2.32 bits per heavy atom. The highest BCUT2D eigenvalue weighted by atomic mass is 15.2. The van der Waals surface area contributed by atoms with Gasteiger partial charge in [0, 0.05) is 43.6 Å². The Morgan fingerprint density at radius 1 is 1.53 bits per heavy atom. The molecule has 4 nitrogen and oxygen atoms in total. The van der Waals surface area contributed by atoms with E-state index in [2.05, 4.69) is 33.7 Å². The third-order valence-electron chi connectivity index (χ3n) is 3.47. The molecular weight excluding hydrogens is 236 g/mol. The molecule has 0 aliphatic heterocycles. The van der Waals surface area contributed by atoms with E-state index in [-0.39, 0.29) is 0 Å². The minimum Gasteiger partial charge on any atom is -0.344 e. The second-order valence-corrected chi connectivity index (χ2v) is 5.29. The lowest BCUT2D eigenvalue weighted by Crippen LogP contribution is -2.22. The molecule has 0 amide bonds. The Hall–Kier alpha value is -1.42. The molecule has 0 unspecified atom stereocenters. The van der Waals surface area contributed by atoms with Crippen LogP contribution in [0, 0.1) is 6.92 Å². The predicted octanol–water partition coefficient (Wildman–Crippen LogP) is 2.44. The molecule has 19 heavy (non-hydrogen) atoms. The highest BCUT2D eigenvalue weighted by Crippen LogP contribution is 2.20. The third-order valence-corrected chi connectivity index (χ3v) is 3.47. The number of nitrogens with one attached hydrogen (secondary N) is 1. The van der Waals surface area contributed by atoms with Crippen LogP contribution in [0.1, 0.15) is 36.9 Å². The molecule has 1 aromatic heterocycles. The zero-order valence-electron chi connectivity index (χ0n) is 12.0. The predicted molar refractivity (Wildman–Crippen MR) is 79.3 cm³/mol. The van der Waals surface area contributed by atoms with Crippen LogP contribution in [0.15, 0.2) is 18.9 Å². The SMILES string of the molecule is C=CCCCN(C)c1ncc(CNC2CC2)c(C)n1. The summed E-state index contributed by atoms with van der Waals surface area (Å²) in [5.41, 5.74) is 2.28. The fourth-order valence-electron chi connectivity index (χ4n) is 1.95. The van der Waals surface area contributed by atoms with Gasteiger partial charge < -0.3 is 10.2 Å². The van der Waals surface area contributed by atoms with Crippen molar-refractivity contribution < 1.29 is 0 Å². The van der Waals surface area contributed by atoms with Crippen molar-refractivity contribution >= 4 is 5.95 Å². The quantitative estimate of drug-likeness (QED) is 0.576. The summed E-state index contributed by atoms with van der Waals surface area (Å²) in [6, 6.07) is 0.723. The van der Waals surface area contributed by atoms with E-state index in [9.17, 15) is 0 Å². The molecule has 1 aromatic rings. The van der Waals surface area contributed by atoms with E-state index in [0.29, 0.717) is 0 Å². The van der Waals surface area contributed by atoms with Crippen LogP contribution >= 0.6 is 0 Å². The van der Waals surface area contributed by atoms with Crippen LogP contribution in [0.25, 0.3) is 0 Å². The zero-order valence-corrected chi connectivity index (χ0v) is 12.0. The van der Waals surface area contributed by atoms with Gasteiger partial charge in [0.05, 0.1) is 0 Å². The van der Waals surface area contributed by atoms with Crippen LogP contribution in [-0.2, 0) is 6.54 Å². The summed E-state index contributed by atoms with van der Waals surface area (Å²) in [7, 11) is 2.04. The summed E-state index contributed by atoms with van der Waals surface area (Å²) in [5, 5.41) is 3.50. The molecule has 1 N–H and O–H groups in total. The van der Waals surface area contributed by atoms with Crippen LogP contribution in [0.2, 0.25) is 0 Å². The van der Waals surface area contributed by atoms with Gasteiger partial charge in [-0.1, -0.05) is 6.08 Å². The molecule has 0 saturated heterocycles. The molecule has 1 aliphatic rings. The van der Waals surface area contributed by atoms with Crippen molar-refractivity contribution in [3.63, 3.8) is 0 Å². The second kappa shape index (κ2) is 6.66. The second-order valence-electron chi connectivity index (χ2n) is 5.29. The Bertz CT molecular complexity index is 426. The van der Waals surface area contributed by atoms with Crippen LogP contribution in [0.4, 0.5) is 5.95 Å². The summed E-state index contributed by atoms with van der Waals surface area (Å²) < 4.78 is 0. The van der Waals surface area contributed by atoms with E-state index in [1.165, 1.54) is 18.4 Å². The summed E-state index contributed by atoms with van der Waals surface area (Å²) >= 11 is 0. The smallest absolute Gasteiger partial charge is 0.225 e. The maximum atomic E-state index is 4.60. The van der Waals surface area contributed by atoms with Crippen LogP contribution in [-0.4, -0.2) is 29.6 Å². The summed E-state index contributed by atoms with van der Waals surface area (Å²) in [5.74, 6) is 0.816. The van der Waals surface area contributed by atoms with Crippen LogP contribution in [0.5, 0.6) is 0 Å². The normalized spacial score (nSPS) is 14.4. The van der Waals surface area contributed by atoms with Crippen LogP contribution < -0.4 is 10.2 Å². The topological polar surface area (TPSA) is 41.1 Å². The molecular formula is C15H24N4. The van der Waals surface area contributed by atoms with Gasteiger partial charge in [-0.05, 0) is 32.6 Å². The van der Waals surface area contributed by atoms with E-state index in [1.807, 2.05) is 19.3 Å². The van der Waals surface area contributed by atoms with Gasteiger partial charge in [0.15, 0.2) is 0 Å². The summed E-state index contributed by atoms with van der Waals surface area (Å²) in [4.78, 5) is 11.2. The van der Waals surface area contributed by atoms with E-state index in [0.717, 1.165) is 43.6 Å². The lowest BCUT2D eigenvalue weighted by Gasteiger charge is -2.17. The molecule has 104 valence electrons. The molecule has 0 spiro atoms. The van der Waals surface area contributed by atoms with Gasteiger partial charge in [-0.25, -0.2) is 9.97 Å². The van der Waals surface area contributed by atoms with Gasteiger partial charge in [0.1, 0.15) is 0 Å². The molecule has 4 heteroatoms. The number of allylic oxidation sites excluding steroid dienone is 1. The molecule has 1 aliphatic carbocycles. The maximum Gasteiger partial charge on any atom is 0.225 e. The van der Waals surface area contributed by atoms with Gasteiger partial charge in [0.2, 0.25) is 5.95 Å². The first-order valence-electron chi connectivity index (χ1n) is 7.08. The number of hydrogen-bond donors (Lipinski definition) is 1. The van der Waals surface area contributed by atoms with Crippen molar-refractivity contribution in [2.24, 2.45) is 0 Å². The maximum absolute atomic E-state index is 4.60. The number of unbranched alkanes of at least 4 members (excludes halogenated alkanes) is 1. The fraction of sp³-hybridized carbons (Fsp3) is 0.600. The van der Waals surface area contributed by atoms with E-state index in [4.69, 9.17) is 0 Å². The first kappa shape index (κ1) is 14.0. The summed E-state index contributed by atoms with van der Waals surface area (Å²) in [6.45, 7) is 7.65. The molecule has 0 bridgehead atoms. The van der Waals surface area contributed by atoms with Gasteiger partial charge >= 0.3 is 0 Å².